The van der Waals surface area contributed by atoms with Gasteiger partial charge in [-0.3, -0.25) is 4.79 Å². The Balaban J connectivity index is 1.46. The summed E-state index contributed by atoms with van der Waals surface area (Å²) in [6.07, 6.45) is 2.50. The first-order valence-electron chi connectivity index (χ1n) is 12.3. The molecule has 2 N–H and O–H groups in total. The Hall–Kier alpha value is -3.32. The van der Waals surface area contributed by atoms with Gasteiger partial charge in [-0.1, -0.05) is 24.3 Å². The molecule has 2 heterocycles. The molecular formula is C29H32N2O4S. The Bertz CT molecular complexity index is 1490. The molecule has 0 aliphatic heterocycles. The number of alkyl carbamates (subject to hydrolysis) is 1. The summed E-state index contributed by atoms with van der Waals surface area (Å²) in [6.45, 7) is 7.62. The Morgan fingerprint density at radius 2 is 1.89 bits per heavy atom. The predicted octanol–water partition coefficient (Wildman–Crippen LogP) is 6.89. The molecule has 2 aromatic carbocycles. The maximum absolute atomic E-state index is 12.7. The minimum atomic E-state index is -0.499. The van der Waals surface area contributed by atoms with Crippen LogP contribution in [0.15, 0.2) is 46.6 Å². The molecule has 1 aliphatic carbocycles. The number of rotatable bonds is 4. The molecule has 6 nitrogen and oxygen atoms in total. The van der Waals surface area contributed by atoms with Gasteiger partial charge >= 0.3 is 6.09 Å². The molecule has 2 atom stereocenters. The van der Waals surface area contributed by atoms with E-state index in [-0.39, 0.29) is 17.7 Å². The number of thiophene rings is 1. The summed E-state index contributed by atoms with van der Waals surface area (Å²) < 4.78 is 12.0. The smallest absolute Gasteiger partial charge is 0.407 e. The summed E-state index contributed by atoms with van der Waals surface area (Å²) in [5.41, 5.74) is 4.55. The number of hydrogen-bond acceptors (Lipinski definition) is 5. The van der Waals surface area contributed by atoms with Crippen molar-refractivity contribution in [2.24, 2.45) is 0 Å². The van der Waals surface area contributed by atoms with Gasteiger partial charge in [-0.2, -0.15) is 0 Å². The summed E-state index contributed by atoms with van der Waals surface area (Å²) in [4.78, 5) is 27.9. The van der Waals surface area contributed by atoms with Gasteiger partial charge in [-0.05, 0) is 87.1 Å². The summed E-state index contributed by atoms with van der Waals surface area (Å²) in [5, 5.41) is 6.95. The van der Waals surface area contributed by atoms with E-state index >= 15 is 0 Å². The number of hydrogen-bond donors (Lipinski definition) is 2. The quantitative estimate of drug-likeness (QED) is 0.317. The van der Waals surface area contributed by atoms with Gasteiger partial charge in [0.25, 0.3) is 5.56 Å². The topological polar surface area (TPSA) is 80.4 Å². The van der Waals surface area contributed by atoms with Crippen LogP contribution >= 0.6 is 11.3 Å². The summed E-state index contributed by atoms with van der Waals surface area (Å²) in [6, 6.07) is 12.8. The second-order valence-electron chi connectivity index (χ2n) is 10.6. The molecule has 1 fully saturated rings. The number of nitrogens with one attached hydrogen (secondary N) is 2. The summed E-state index contributed by atoms with van der Waals surface area (Å²) in [7, 11) is 1.69. The third kappa shape index (κ3) is 4.60. The molecule has 2 aromatic heterocycles. The highest BCUT2D eigenvalue weighted by atomic mass is 32.1. The molecule has 0 saturated heterocycles. The largest absolute Gasteiger partial charge is 0.496 e. The van der Waals surface area contributed by atoms with E-state index in [1.807, 2.05) is 45.2 Å². The number of ether oxygens (including phenoxy) is 2. The van der Waals surface area contributed by atoms with E-state index in [2.05, 4.69) is 34.6 Å². The highest BCUT2D eigenvalue weighted by Crippen LogP contribution is 2.42. The van der Waals surface area contributed by atoms with Gasteiger partial charge in [0.15, 0.2) is 0 Å². The summed E-state index contributed by atoms with van der Waals surface area (Å²) >= 11 is 1.45. The van der Waals surface area contributed by atoms with E-state index in [1.54, 1.807) is 7.11 Å². The highest BCUT2D eigenvalue weighted by molar-refractivity contribution is 7.17. The molecule has 4 aromatic rings. The third-order valence-electron chi connectivity index (χ3n) is 6.91. The lowest BCUT2D eigenvalue weighted by Crippen LogP contribution is -2.37. The SMILES string of the molecule is COc1cc(C)c2[nH]c(=O)c3sccc3c2c1-c1ccc(C2CCC(NC(=O)OC(C)(C)C)C2)cc1. The minimum Gasteiger partial charge on any atom is -0.496 e. The lowest BCUT2D eigenvalue weighted by molar-refractivity contribution is 0.0505. The monoisotopic (exact) mass is 504 g/mol. The van der Waals surface area contributed by atoms with Crippen LogP contribution in [0.4, 0.5) is 4.79 Å². The van der Waals surface area contributed by atoms with Crippen molar-refractivity contribution in [1.82, 2.24) is 10.3 Å². The molecule has 0 radical (unpaired) electrons. The Kier molecular flexibility index (Phi) is 6.29. The number of H-pyrrole nitrogens is 1. The normalized spacial score (nSPS) is 18.0. The molecule has 188 valence electrons. The first-order chi connectivity index (χ1) is 17.1. The zero-order valence-corrected chi connectivity index (χ0v) is 22.2. The first kappa shape index (κ1) is 24.4. The van der Waals surface area contributed by atoms with Gasteiger partial charge < -0.3 is 19.8 Å². The number of methoxy groups -OCH3 is 1. The van der Waals surface area contributed by atoms with E-state index in [1.165, 1.54) is 16.9 Å². The Labute approximate surface area is 214 Å². The number of aromatic amines is 1. The van der Waals surface area contributed by atoms with Crippen LogP contribution < -0.4 is 15.6 Å². The molecular weight excluding hydrogens is 472 g/mol. The van der Waals surface area contributed by atoms with E-state index < -0.39 is 5.60 Å². The number of pyridine rings is 1. The lowest BCUT2D eigenvalue weighted by Gasteiger charge is -2.22. The van der Waals surface area contributed by atoms with Crippen LogP contribution in [0, 0.1) is 6.92 Å². The van der Waals surface area contributed by atoms with Crippen molar-refractivity contribution in [2.45, 2.75) is 64.5 Å². The second-order valence-corrected chi connectivity index (χ2v) is 11.5. The van der Waals surface area contributed by atoms with Crippen LogP contribution in [-0.4, -0.2) is 29.8 Å². The van der Waals surface area contributed by atoms with Crippen molar-refractivity contribution < 1.29 is 14.3 Å². The number of aromatic nitrogens is 1. The zero-order chi connectivity index (χ0) is 25.6. The van der Waals surface area contributed by atoms with Crippen molar-refractivity contribution in [2.75, 3.05) is 7.11 Å². The highest BCUT2D eigenvalue weighted by Gasteiger charge is 2.29. The van der Waals surface area contributed by atoms with Crippen LogP contribution in [-0.2, 0) is 4.74 Å². The van der Waals surface area contributed by atoms with E-state index in [9.17, 15) is 9.59 Å². The minimum absolute atomic E-state index is 0.0576. The van der Waals surface area contributed by atoms with E-state index in [0.717, 1.165) is 62.7 Å². The Morgan fingerprint density at radius 1 is 1.14 bits per heavy atom. The van der Waals surface area contributed by atoms with Crippen LogP contribution in [0.3, 0.4) is 0 Å². The number of benzene rings is 2. The zero-order valence-electron chi connectivity index (χ0n) is 21.4. The maximum atomic E-state index is 12.7. The average Bonchev–Trinajstić information content (AvgIpc) is 3.49. The van der Waals surface area contributed by atoms with Gasteiger partial charge in [-0.15, -0.1) is 11.3 Å². The molecule has 0 spiro atoms. The maximum Gasteiger partial charge on any atom is 0.407 e. The van der Waals surface area contributed by atoms with Crippen molar-refractivity contribution in [3.05, 3.63) is 63.3 Å². The van der Waals surface area contributed by atoms with Gasteiger partial charge in [-0.25, -0.2) is 4.79 Å². The Morgan fingerprint density at radius 3 is 2.58 bits per heavy atom. The average molecular weight is 505 g/mol. The fourth-order valence-electron chi connectivity index (χ4n) is 5.33. The van der Waals surface area contributed by atoms with Crippen molar-refractivity contribution >= 4 is 38.4 Å². The van der Waals surface area contributed by atoms with Crippen molar-refractivity contribution in [1.29, 1.82) is 0 Å². The first-order valence-corrected chi connectivity index (χ1v) is 13.2. The van der Waals surface area contributed by atoms with Gasteiger partial charge in [0.2, 0.25) is 0 Å². The molecule has 36 heavy (non-hydrogen) atoms. The van der Waals surface area contributed by atoms with Crippen molar-refractivity contribution in [3.63, 3.8) is 0 Å². The fourth-order valence-corrected chi connectivity index (χ4v) is 6.12. The lowest BCUT2D eigenvalue weighted by atomic mass is 9.92. The third-order valence-corrected chi connectivity index (χ3v) is 7.82. The van der Waals surface area contributed by atoms with Crippen LogP contribution in [0.1, 0.15) is 57.1 Å². The van der Waals surface area contributed by atoms with Gasteiger partial charge in [0.1, 0.15) is 16.1 Å². The molecule has 1 aliphatic rings. The van der Waals surface area contributed by atoms with Gasteiger partial charge in [0.05, 0.1) is 12.6 Å². The van der Waals surface area contributed by atoms with E-state index in [4.69, 9.17) is 9.47 Å². The number of fused-ring (bicyclic) bond motifs is 3. The van der Waals surface area contributed by atoms with Gasteiger partial charge in [0, 0.05) is 22.4 Å². The number of carbonyl (C=O) groups is 1. The molecule has 1 amide bonds. The van der Waals surface area contributed by atoms with Crippen molar-refractivity contribution in [3.8, 4) is 16.9 Å². The number of carbonyl (C=O) groups excluding carboxylic acids is 1. The number of aryl methyl sites for hydroxylation is 1. The van der Waals surface area contributed by atoms with Crippen LogP contribution in [0.2, 0.25) is 0 Å². The second kappa shape index (κ2) is 9.28. The molecule has 2 unspecified atom stereocenters. The standard InChI is InChI=1S/C29H32N2O4S/c1-16-14-22(34-5)23(24-21-12-13-36-26(21)27(32)31-25(16)24)18-8-6-17(7-9-18)19-10-11-20(15-19)30-28(33)35-29(2,3)4/h6-9,12-14,19-20H,10-11,15H2,1-5H3,(H,30,33)(H,31,32). The predicted molar refractivity (Wildman–Crippen MR) is 146 cm³/mol. The van der Waals surface area contributed by atoms with E-state index in [0.29, 0.717) is 5.92 Å². The molecule has 0 bridgehead atoms. The molecule has 7 heteroatoms. The molecule has 5 rings (SSSR count). The van der Waals surface area contributed by atoms with Crippen LogP contribution in [0.5, 0.6) is 5.75 Å². The fraction of sp³-hybridized carbons (Fsp3) is 0.379. The summed E-state index contributed by atoms with van der Waals surface area (Å²) in [5.74, 6) is 1.17. The number of amides is 1. The van der Waals surface area contributed by atoms with Crippen LogP contribution in [0.25, 0.3) is 32.1 Å². The molecule has 1 saturated carbocycles.